The van der Waals surface area contributed by atoms with E-state index >= 15 is 0 Å². The van der Waals surface area contributed by atoms with E-state index < -0.39 is 15.8 Å². The third kappa shape index (κ3) is 5.66. The van der Waals surface area contributed by atoms with E-state index in [4.69, 9.17) is 4.98 Å². The van der Waals surface area contributed by atoms with Crippen molar-refractivity contribution in [2.24, 2.45) is 0 Å². The number of carbonyl (C=O) groups excluding carboxylic acids is 2. The molecule has 1 atom stereocenters. The fourth-order valence-corrected chi connectivity index (χ4v) is 6.87. The molecule has 210 valence electrons. The van der Waals surface area contributed by atoms with Gasteiger partial charge in [-0.3, -0.25) is 9.59 Å². The molecule has 1 unspecified atom stereocenters. The van der Waals surface area contributed by atoms with Gasteiger partial charge in [-0.2, -0.15) is 0 Å². The lowest BCUT2D eigenvalue weighted by Crippen LogP contribution is -2.49. The van der Waals surface area contributed by atoms with Crippen LogP contribution in [-0.4, -0.2) is 68.1 Å². The average Bonchev–Trinajstić information content (AvgIpc) is 3.80. The predicted molar refractivity (Wildman–Crippen MR) is 153 cm³/mol. The van der Waals surface area contributed by atoms with E-state index in [0.717, 1.165) is 12.1 Å². The first-order valence-corrected chi connectivity index (χ1v) is 15.6. The van der Waals surface area contributed by atoms with E-state index in [1.807, 2.05) is 20.0 Å². The van der Waals surface area contributed by atoms with Crippen LogP contribution in [0.3, 0.4) is 0 Å². The molecule has 2 saturated carbocycles. The van der Waals surface area contributed by atoms with Crippen LogP contribution in [0.25, 0.3) is 0 Å². The molecule has 39 heavy (non-hydrogen) atoms. The normalized spacial score (nSPS) is 22.8. The summed E-state index contributed by atoms with van der Waals surface area (Å²) in [6.07, 6.45) is 8.67. The van der Waals surface area contributed by atoms with Crippen LogP contribution < -0.4 is 10.2 Å². The van der Waals surface area contributed by atoms with Crippen molar-refractivity contribution in [2.75, 3.05) is 37.3 Å². The Bertz CT molecular complexity index is 1410. The standard InChI is InChI=1S/C29H36N4O4S.ClH/c1-29(2)16-24(27(34)31-29)20-8-9-22(25(15-20)38(3,36)37)28(35)33-12-10-32(11-13-33)26-23(19-6-7-19)14-21(17-30-26)18-4-5-18;/h8-9,14-15,17-19,24H,4-7,10-13,16H2,1-3H3,(H,31,34);1H. The van der Waals surface area contributed by atoms with Crippen LogP contribution in [0.5, 0.6) is 0 Å². The Morgan fingerprint density at radius 3 is 2.23 bits per heavy atom. The Balaban J connectivity index is 0.00000308. The van der Waals surface area contributed by atoms with Gasteiger partial charge in [0.15, 0.2) is 9.84 Å². The molecule has 2 aromatic rings. The lowest BCUT2D eigenvalue weighted by atomic mass is 9.90. The van der Waals surface area contributed by atoms with Crippen molar-refractivity contribution in [1.29, 1.82) is 0 Å². The molecule has 6 rings (SSSR count). The maximum Gasteiger partial charge on any atom is 0.255 e. The highest BCUT2D eigenvalue weighted by Gasteiger charge is 2.39. The number of pyridine rings is 1. The molecule has 2 amide bonds. The molecule has 1 aromatic carbocycles. The van der Waals surface area contributed by atoms with Crippen molar-refractivity contribution in [2.45, 2.75) is 74.1 Å². The van der Waals surface area contributed by atoms with Gasteiger partial charge in [-0.05, 0) is 86.6 Å². The van der Waals surface area contributed by atoms with Crippen LogP contribution in [-0.2, 0) is 14.6 Å². The lowest BCUT2D eigenvalue weighted by Gasteiger charge is -2.36. The number of nitrogens with zero attached hydrogens (tertiary/aromatic N) is 3. The molecule has 1 N–H and O–H groups in total. The summed E-state index contributed by atoms with van der Waals surface area (Å²) < 4.78 is 25.5. The minimum Gasteiger partial charge on any atom is -0.353 e. The number of anilines is 1. The molecular weight excluding hydrogens is 536 g/mol. The molecule has 2 aliphatic carbocycles. The molecule has 4 aliphatic rings. The number of aromatic nitrogens is 1. The first kappa shape index (κ1) is 27.9. The molecule has 4 fully saturated rings. The van der Waals surface area contributed by atoms with Crippen molar-refractivity contribution in [3.63, 3.8) is 0 Å². The summed E-state index contributed by atoms with van der Waals surface area (Å²) in [5.41, 5.74) is 3.16. The molecule has 2 saturated heterocycles. The Morgan fingerprint density at radius 2 is 1.67 bits per heavy atom. The number of sulfone groups is 1. The number of halogens is 1. The van der Waals surface area contributed by atoms with Crippen molar-refractivity contribution in [3.8, 4) is 0 Å². The summed E-state index contributed by atoms with van der Waals surface area (Å²) >= 11 is 0. The van der Waals surface area contributed by atoms with Gasteiger partial charge in [0, 0.05) is 44.2 Å². The van der Waals surface area contributed by atoms with E-state index in [0.29, 0.717) is 50.0 Å². The smallest absolute Gasteiger partial charge is 0.255 e. The summed E-state index contributed by atoms with van der Waals surface area (Å²) in [5.74, 6) is 1.48. The monoisotopic (exact) mass is 572 g/mol. The van der Waals surface area contributed by atoms with Crippen molar-refractivity contribution >= 4 is 39.9 Å². The molecule has 0 radical (unpaired) electrons. The third-order valence-corrected chi connectivity index (χ3v) is 9.52. The van der Waals surface area contributed by atoms with Gasteiger partial charge in [0.2, 0.25) is 5.91 Å². The van der Waals surface area contributed by atoms with E-state index in [2.05, 4.69) is 16.3 Å². The van der Waals surface area contributed by atoms with Gasteiger partial charge in [-0.1, -0.05) is 12.1 Å². The Kier molecular flexibility index (Phi) is 7.21. The molecule has 3 heterocycles. The summed E-state index contributed by atoms with van der Waals surface area (Å²) in [4.78, 5) is 35.0. The molecule has 0 spiro atoms. The van der Waals surface area contributed by atoms with E-state index in [-0.39, 0.29) is 40.2 Å². The number of amides is 2. The number of hydrogen-bond acceptors (Lipinski definition) is 6. The molecule has 0 bridgehead atoms. The number of piperazine rings is 1. The fraction of sp³-hybridized carbons (Fsp3) is 0.552. The van der Waals surface area contributed by atoms with Gasteiger partial charge >= 0.3 is 0 Å². The zero-order chi connectivity index (χ0) is 26.8. The zero-order valence-electron chi connectivity index (χ0n) is 22.8. The zero-order valence-corrected chi connectivity index (χ0v) is 24.4. The van der Waals surface area contributed by atoms with Gasteiger partial charge in [-0.25, -0.2) is 13.4 Å². The molecule has 2 aliphatic heterocycles. The average molecular weight is 573 g/mol. The number of rotatable bonds is 6. The summed E-state index contributed by atoms with van der Waals surface area (Å²) in [6.45, 7) is 6.21. The van der Waals surface area contributed by atoms with Crippen molar-refractivity contribution < 1.29 is 18.0 Å². The van der Waals surface area contributed by atoms with Crippen LogP contribution in [0.4, 0.5) is 5.82 Å². The number of carbonyl (C=O) groups is 2. The molecular formula is C29H37ClN4O4S. The molecule has 10 heteroatoms. The highest BCUT2D eigenvalue weighted by molar-refractivity contribution is 7.90. The fourth-order valence-electron chi connectivity index (χ4n) is 5.97. The van der Waals surface area contributed by atoms with Crippen molar-refractivity contribution in [3.05, 3.63) is 52.7 Å². The van der Waals surface area contributed by atoms with Gasteiger partial charge in [-0.15, -0.1) is 12.4 Å². The highest BCUT2D eigenvalue weighted by Crippen LogP contribution is 2.47. The summed E-state index contributed by atoms with van der Waals surface area (Å²) in [5, 5.41) is 2.96. The van der Waals surface area contributed by atoms with Gasteiger partial charge in [0.25, 0.3) is 5.91 Å². The quantitative estimate of drug-likeness (QED) is 0.561. The van der Waals surface area contributed by atoms with E-state index in [1.54, 1.807) is 17.0 Å². The maximum absolute atomic E-state index is 13.6. The first-order chi connectivity index (χ1) is 18.0. The minimum atomic E-state index is -3.68. The second kappa shape index (κ2) is 10.1. The van der Waals surface area contributed by atoms with Gasteiger partial charge < -0.3 is 15.1 Å². The van der Waals surface area contributed by atoms with E-state index in [9.17, 15) is 18.0 Å². The second-order valence-electron chi connectivity index (χ2n) is 12.2. The van der Waals surface area contributed by atoms with Crippen LogP contribution in [0.15, 0.2) is 35.4 Å². The Hall–Kier alpha value is -2.65. The van der Waals surface area contributed by atoms with Gasteiger partial charge in [0.05, 0.1) is 16.4 Å². The lowest BCUT2D eigenvalue weighted by molar-refractivity contribution is -0.120. The number of benzene rings is 1. The predicted octanol–water partition coefficient (Wildman–Crippen LogP) is 4.01. The highest BCUT2D eigenvalue weighted by atomic mass is 35.5. The third-order valence-electron chi connectivity index (χ3n) is 8.38. The second-order valence-corrected chi connectivity index (χ2v) is 14.2. The van der Waals surface area contributed by atoms with Gasteiger partial charge in [0.1, 0.15) is 5.82 Å². The molecule has 1 aromatic heterocycles. The SMILES string of the molecule is CC1(C)CC(c2ccc(C(=O)N3CCN(c4ncc(C5CC5)cc4C4CC4)CC3)c(S(C)(=O)=O)c2)C(=O)N1.Cl. The van der Waals surface area contributed by atoms with Crippen LogP contribution >= 0.6 is 12.4 Å². The maximum atomic E-state index is 13.6. The minimum absolute atomic E-state index is 0. The largest absolute Gasteiger partial charge is 0.353 e. The summed E-state index contributed by atoms with van der Waals surface area (Å²) in [6, 6.07) is 7.21. The number of nitrogens with one attached hydrogen (secondary N) is 1. The number of hydrogen-bond donors (Lipinski definition) is 1. The topological polar surface area (TPSA) is 99.7 Å². The van der Waals surface area contributed by atoms with Crippen LogP contribution in [0, 0.1) is 0 Å². The van der Waals surface area contributed by atoms with Crippen LogP contribution in [0.2, 0.25) is 0 Å². The van der Waals surface area contributed by atoms with E-state index in [1.165, 1.54) is 42.9 Å². The van der Waals surface area contributed by atoms with Crippen LogP contribution in [0.1, 0.15) is 90.8 Å². The molecule has 8 nitrogen and oxygen atoms in total. The van der Waals surface area contributed by atoms with Crippen molar-refractivity contribution in [1.82, 2.24) is 15.2 Å². The Morgan fingerprint density at radius 1 is 1.00 bits per heavy atom. The summed E-state index contributed by atoms with van der Waals surface area (Å²) in [7, 11) is -3.68. The Labute approximate surface area is 236 Å². The first-order valence-electron chi connectivity index (χ1n) is 13.7.